The van der Waals surface area contributed by atoms with Crippen LogP contribution in [0.1, 0.15) is 23.8 Å². The first-order valence-electron chi connectivity index (χ1n) is 5.79. The van der Waals surface area contributed by atoms with Crippen LogP contribution in [0.3, 0.4) is 0 Å². The highest BCUT2D eigenvalue weighted by molar-refractivity contribution is 5.92. The molecule has 1 saturated carbocycles. The quantitative estimate of drug-likeness (QED) is 0.751. The van der Waals surface area contributed by atoms with Crippen molar-refractivity contribution in [2.24, 2.45) is 12.8 Å². The molecule has 1 aliphatic rings. The summed E-state index contributed by atoms with van der Waals surface area (Å²) in [5.41, 5.74) is 6.39. The summed E-state index contributed by atoms with van der Waals surface area (Å²) in [5, 5.41) is 6.85. The van der Waals surface area contributed by atoms with E-state index < -0.39 is 0 Å². The molecule has 1 aromatic heterocycles. The van der Waals surface area contributed by atoms with Gasteiger partial charge < -0.3 is 15.8 Å². The highest BCUT2D eigenvalue weighted by atomic mass is 16.5. The third-order valence-electron chi connectivity index (χ3n) is 3.10. The topological polar surface area (TPSA) is 82.2 Å². The van der Waals surface area contributed by atoms with Crippen LogP contribution < -0.4 is 11.1 Å². The van der Waals surface area contributed by atoms with Gasteiger partial charge >= 0.3 is 0 Å². The van der Waals surface area contributed by atoms with Crippen molar-refractivity contribution in [3.63, 3.8) is 0 Å². The van der Waals surface area contributed by atoms with E-state index >= 15 is 0 Å². The number of nitrogens with zero attached hydrogens (tertiary/aromatic N) is 2. The molecule has 6 nitrogen and oxygen atoms in total. The Bertz CT molecular complexity index is 402. The molecule has 94 valence electrons. The molecule has 0 bridgehead atoms. The lowest BCUT2D eigenvalue weighted by molar-refractivity contribution is -0.0301. The molecule has 1 aliphatic carbocycles. The lowest BCUT2D eigenvalue weighted by Gasteiger charge is -2.42. The van der Waals surface area contributed by atoms with Crippen LogP contribution in [0, 0.1) is 0 Å². The molecule has 3 atom stereocenters. The van der Waals surface area contributed by atoms with Gasteiger partial charge in [-0.1, -0.05) is 0 Å². The van der Waals surface area contributed by atoms with E-state index in [2.05, 4.69) is 10.4 Å². The number of carbonyl (C=O) groups excluding carboxylic acids is 1. The summed E-state index contributed by atoms with van der Waals surface area (Å²) in [5.74, 6) is -0.158. The van der Waals surface area contributed by atoms with Gasteiger partial charge in [0.25, 0.3) is 5.91 Å². The highest BCUT2D eigenvalue weighted by Crippen LogP contribution is 2.22. The van der Waals surface area contributed by atoms with E-state index in [9.17, 15) is 4.79 Å². The van der Waals surface area contributed by atoms with Crippen molar-refractivity contribution in [3.05, 3.63) is 18.0 Å². The van der Waals surface area contributed by atoms with Gasteiger partial charge in [0, 0.05) is 25.9 Å². The third kappa shape index (κ3) is 2.32. The van der Waals surface area contributed by atoms with E-state index in [1.54, 1.807) is 19.3 Å². The minimum Gasteiger partial charge on any atom is -0.376 e. The fraction of sp³-hybridized carbons (Fsp3) is 0.636. The van der Waals surface area contributed by atoms with Crippen LogP contribution in [0.2, 0.25) is 0 Å². The molecule has 3 N–H and O–H groups in total. The van der Waals surface area contributed by atoms with E-state index in [0.717, 1.165) is 6.42 Å². The molecule has 6 heteroatoms. The maximum Gasteiger partial charge on any atom is 0.269 e. The smallest absolute Gasteiger partial charge is 0.269 e. The van der Waals surface area contributed by atoms with Crippen molar-refractivity contribution in [1.29, 1.82) is 0 Å². The van der Waals surface area contributed by atoms with Gasteiger partial charge in [-0.25, -0.2) is 0 Å². The number of aryl methyl sites for hydroxylation is 1. The van der Waals surface area contributed by atoms with E-state index in [4.69, 9.17) is 10.5 Å². The van der Waals surface area contributed by atoms with E-state index in [1.807, 2.05) is 6.92 Å². The van der Waals surface area contributed by atoms with Crippen molar-refractivity contribution in [2.75, 3.05) is 6.61 Å². The summed E-state index contributed by atoms with van der Waals surface area (Å²) in [6, 6.07) is 1.55. The molecule has 1 fully saturated rings. The van der Waals surface area contributed by atoms with Gasteiger partial charge in [0.05, 0.1) is 12.1 Å². The number of rotatable bonds is 4. The fourth-order valence-electron chi connectivity index (χ4n) is 2.05. The summed E-state index contributed by atoms with van der Waals surface area (Å²) in [4.78, 5) is 11.9. The Hall–Kier alpha value is -1.40. The van der Waals surface area contributed by atoms with Crippen LogP contribution in [0.5, 0.6) is 0 Å². The average Bonchev–Trinajstić information content (AvgIpc) is 2.72. The normalized spacial score (nSPS) is 27.6. The Labute approximate surface area is 100 Å². The number of ether oxygens (including phenoxy) is 1. The number of nitrogens with two attached hydrogens (primary N) is 1. The largest absolute Gasteiger partial charge is 0.376 e. The van der Waals surface area contributed by atoms with Gasteiger partial charge in [0.2, 0.25) is 0 Å². The second kappa shape index (κ2) is 4.85. The predicted octanol–water partition coefficient (Wildman–Crippen LogP) is -0.345. The first-order valence-corrected chi connectivity index (χ1v) is 5.79. The Morgan fingerprint density at radius 3 is 3.06 bits per heavy atom. The van der Waals surface area contributed by atoms with E-state index in [1.165, 1.54) is 4.68 Å². The SMILES string of the molecule is CCOC1CC(N)C1NC(=O)c1ccnn1C. The number of nitrogens with one attached hydrogen (secondary N) is 1. The minimum atomic E-state index is -0.158. The Morgan fingerprint density at radius 1 is 1.76 bits per heavy atom. The van der Waals surface area contributed by atoms with Crippen LogP contribution in [-0.2, 0) is 11.8 Å². The fourth-order valence-corrected chi connectivity index (χ4v) is 2.05. The summed E-state index contributed by atoms with van der Waals surface area (Å²) >= 11 is 0. The van der Waals surface area contributed by atoms with E-state index in [0.29, 0.717) is 12.3 Å². The number of hydrogen-bond donors (Lipinski definition) is 2. The molecular formula is C11H18N4O2. The van der Waals surface area contributed by atoms with Gasteiger partial charge in [0.1, 0.15) is 5.69 Å². The zero-order valence-corrected chi connectivity index (χ0v) is 10.1. The minimum absolute atomic E-state index is 0.0243. The summed E-state index contributed by atoms with van der Waals surface area (Å²) < 4.78 is 7.03. The highest BCUT2D eigenvalue weighted by Gasteiger charge is 2.40. The van der Waals surface area contributed by atoms with Gasteiger partial charge in [0.15, 0.2) is 0 Å². The summed E-state index contributed by atoms with van der Waals surface area (Å²) in [7, 11) is 1.73. The Kier molecular flexibility index (Phi) is 3.44. The molecule has 0 radical (unpaired) electrons. The second-order valence-corrected chi connectivity index (χ2v) is 4.23. The lowest BCUT2D eigenvalue weighted by Crippen LogP contribution is -2.64. The Balaban J connectivity index is 1.97. The number of aromatic nitrogens is 2. The zero-order chi connectivity index (χ0) is 12.4. The van der Waals surface area contributed by atoms with Crippen molar-refractivity contribution >= 4 is 5.91 Å². The van der Waals surface area contributed by atoms with Crippen LogP contribution in [0.4, 0.5) is 0 Å². The van der Waals surface area contributed by atoms with Gasteiger partial charge in [-0.3, -0.25) is 9.48 Å². The second-order valence-electron chi connectivity index (χ2n) is 4.23. The van der Waals surface area contributed by atoms with E-state index in [-0.39, 0.29) is 24.1 Å². The van der Waals surface area contributed by atoms with Crippen molar-refractivity contribution in [2.45, 2.75) is 31.5 Å². The van der Waals surface area contributed by atoms with Crippen LogP contribution >= 0.6 is 0 Å². The maximum atomic E-state index is 11.9. The average molecular weight is 238 g/mol. The van der Waals surface area contributed by atoms with Crippen LogP contribution in [-0.4, -0.2) is 40.5 Å². The number of amides is 1. The molecule has 1 aromatic rings. The maximum absolute atomic E-state index is 11.9. The molecule has 2 rings (SSSR count). The molecule has 0 saturated heterocycles. The van der Waals surface area contributed by atoms with Crippen LogP contribution in [0.25, 0.3) is 0 Å². The monoisotopic (exact) mass is 238 g/mol. The first kappa shape index (κ1) is 12.1. The third-order valence-corrected chi connectivity index (χ3v) is 3.10. The molecule has 1 amide bonds. The number of carbonyl (C=O) groups is 1. The van der Waals surface area contributed by atoms with Gasteiger partial charge in [-0.15, -0.1) is 0 Å². The summed E-state index contributed by atoms with van der Waals surface area (Å²) in [6.07, 6.45) is 2.42. The van der Waals surface area contributed by atoms with Crippen LogP contribution in [0.15, 0.2) is 12.3 Å². The summed E-state index contributed by atoms with van der Waals surface area (Å²) in [6.45, 7) is 2.57. The molecule has 0 aromatic carbocycles. The zero-order valence-electron chi connectivity index (χ0n) is 10.1. The number of hydrogen-bond acceptors (Lipinski definition) is 4. The molecule has 1 heterocycles. The van der Waals surface area contributed by atoms with Gasteiger partial charge in [-0.2, -0.15) is 5.10 Å². The molecule has 3 unspecified atom stereocenters. The van der Waals surface area contributed by atoms with Crippen molar-refractivity contribution in [3.8, 4) is 0 Å². The van der Waals surface area contributed by atoms with Gasteiger partial charge in [-0.05, 0) is 19.4 Å². The standard InChI is InChI=1S/C11H18N4O2/c1-3-17-9-6-7(12)10(9)14-11(16)8-4-5-13-15(8)2/h4-5,7,9-10H,3,6,12H2,1-2H3,(H,14,16). The van der Waals surface area contributed by atoms with Crippen molar-refractivity contribution in [1.82, 2.24) is 15.1 Å². The molecular weight excluding hydrogens is 220 g/mol. The Morgan fingerprint density at radius 2 is 2.53 bits per heavy atom. The first-order chi connectivity index (χ1) is 8.13. The predicted molar refractivity (Wildman–Crippen MR) is 62.5 cm³/mol. The molecule has 0 spiro atoms. The van der Waals surface area contributed by atoms with Crippen molar-refractivity contribution < 1.29 is 9.53 Å². The lowest BCUT2D eigenvalue weighted by atomic mass is 9.83. The molecule has 17 heavy (non-hydrogen) atoms. The molecule has 0 aliphatic heterocycles.